The van der Waals surface area contributed by atoms with E-state index in [0.717, 1.165) is 19.6 Å². The number of hydrogen-bond donors (Lipinski definition) is 1. The molecular weight excluding hydrogens is 470 g/mol. The van der Waals surface area contributed by atoms with Crippen molar-refractivity contribution in [2.24, 2.45) is 0 Å². The van der Waals surface area contributed by atoms with E-state index >= 15 is 0 Å². The van der Waals surface area contributed by atoms with Gasteiger partial charge in [-0.1, -0.05) is 42.5 Å². The first-order valence-electron chi connectivity index (χ1n) is 12.2. The lowest BCUT2D eigenvalue weighted by Gasteiger charge is -2.34. The minimum absolute atomic E-state index is 0.135. The van der Waals surface area contributed by atoms with Crippen LogP contribution < -0.4 is 14.8 Å². The Morgan fingerprint density at radius 2 is 1.54 bits per heavy atom. The van der Waals surface area contributed by atoms with Gasteiger partial charge in [0.2, 0.25) is 5.76 Å². The lowest BCUT2D eigenvalue weighted by atomic mass is 10.2. The van der Waals surface area contributed by atoms with Gasteiger partial charge in [-0.25, -0.2) is 0 Å². The first-order valence-corrected chi connectivity index (χ1v) is 12.2. The molecule has 0 radical (unpaired) electrons. The molecule has 1 aromatic heterocycles. The van der Waals surface area contributed by atoms with Gasteiger partial charge in [-0.2, -0.15) is 0 Å². The number of para-hydroxylation sites is 1. The molecule has 0 spiro atoms. The molecule has 8 heteroatoms. The number of nitrogens with zero attached hydrogens (tertiary/aromatic N) is 2. The Hall–Kier alpha value is -4.30. The molecule has 1 aliphatic rings. The summed E-state index contributed by atoms with van der Waals surface area (Å²) < 4.78 is 16.7. The summed E-state index contributed by atoms with van der Waals surface area (Å²) in [7, 11) is 1.59. The molecule has 0 aliphatic carbocycles. The van der Waals surface area contributed by atoms with E-state index in [4.69, 9.17) is 13.9 Å². The number of rotatable bonds is 8. The number of carbonyl (C=O) groups excluding carboxylic acids is 2. The maximum atomic E-state index is 13.5. The van der Waals surface area contributed by atoms with Gasteiger partial charge in [0.1, 0.15) is 22.8 Å². The largest absolute Gasteiger partial charge is 0.497 e. The molecule has 1 fully saturated rings. The Bertz CT molecular complexity index is 1360. The van der Waals surface area contributed by atoms with Crippen molar-refractivity contribution in [2.45, 2.75) is 6.54 Å². The second kappa shape index (κ2) is 11.2. The van der Waals surface area contributed by atoms with Crippen molar-refractivity contribution < 1.29 is 23.5 Å². The highest BCUT2D eigenvalue weighted by atomic mass is 16.5. The van der Waals surface area contributed by atoms with Crippen LogP contribution in [0.4, 0.5) is 5.69 Å². The van der Waals surface area contributed by atoms with E-state index in [2.05, 4.69) is 22.3 Å². The topological polar surface area (TPSA) is 84.2 Å². The molecule has 1 aliphatic heterocycles. The summed E-state index contributed by atoms with van der Waals surface area (Å²) in [4.78, 5) is 30.4. The van der Waals surface area contributed by atoms with Gasteiger partial charge in [-0.3, -0.25) is 14.5 Å². The number of amides is 2. The van der Waals surface area contributed by atoms with Gasteiger partial charge >= 0.3 is 0 Å². The number of anilines is 1. The van der Waals surface area contributed by atoms with Crippen LogP contribution in [0.2, 0.25) is 0 Å². The Morgan fingerprint density at radius 3 is 2.27 bits per heavy atom. The molecule has 8 nitrogen and oxygen atoms in total. The van der Waals surface area contributed by atoms with Gasteiger partial charge in [-0.15, -0.1) is 0 Å². The van der Waals surface area contributed by atoms with Crippen LogP contribution in [-0.4, -0.2) is 61.5 Å². The smallest absolute Gasteiger partial charge is 0.291 e. The average molecular weight is 500 g/mol. The summed E-state index contributed by atoms with van der Waals surface area (Å²) in [6, 6.07) is 24.6. The molecule has 3 aromatic carbocycles. The fourth-order valence-corrected chi connectivity index (χ4v) is 4.41. The highest BCUT2D eigenvalue weighted by Crippen LogP contribution is 2.32. The first kappa shape index (κ1) is 24.4. The van der Waals surface area contributed by atoms with E-state index in [1.165, 1.54) is 5.56 Å². The van der Waals surface area contributed by atoms with Gasteiger partial charge in [0, 0.05) is 38.1 Å². The second-order valence-corrected chi connectivity index (χ2v) is 8.87. The van der Waals surface area contributed by atoms with Crippen LogP contribution in [0.1, 0.15) is 16.1 Å². The summed E-state index contributed by atoms with van der Waals surface area (Å²) in [5.74, 6) is 0.755. The van der Waals surface area contributed by atoms with E-state index in [0.29, 0.717) is 41.2 Å². The fourth-order valence-electron chi connectivity index (χ4n) is 4.41. The third-order valence-corrected chi connectivity index (χ3v) is 6.39. The van der Waals surface area contributed by atoms with Crippen molar-refractivity contribution in [3.05, 3.63) is 90.2 Å². The number of carbonyl (C=O) groups is 2. The Balaban J connectivity index is 1.26. The standard InChI is InChI=1S/C29H29N3O5/c1-35-22-11-13-23(14-12-22)36-20-26(33)30-27-24-9-5-6-10-25(24)37-28(27)29(34)32-17-15-31(16-18-32)19-21-7-3-2-4-8-21/h2-14H,15-20H2,1H3,(H,30,33). The lowest BCUT2D eigenvalue weighted by molar-refractivity contribution is -0.118. The maximum Gasteiger partial charge on any atom is 0.291 e. The van der Waals surface area contributed by atoms with Crippen molar-refractivity contribution >= 4 is 28.5 Å². The molecule has 2 amide bonds. The summed E-state index contributed by atoms with van der Waals surface area (Å²) in [5, 5.41) is 3.52. The van der Waals surface area contributed by atoms with Crippen molar-refractivity contribution in [2.75, 3.05) is 45.2 Å². The summed E-state index contributed by atoms with van der Waals surface area (Å²) >= 11 is 0. The van der Waals surface area contributed by atoms with Crippen LogP contribution >= 0.6 is 0 Å². The van der Waals surface area contributed by atoms with Gasteiger partial charge < -0.3 is 24.1 Å². The number of nitrogens with one attached hydrogen (secondary N) is 1. The zero-order valence-electron chi connectivity index (χ0n) is 20.7. The fraction of sp³-hybridized carbons (Fsp3) is 0.241. The molecule has 0 saturated carbocycles. The quantitative estimate of drug-likeness (QED) is 0.387. The predicted molar refractivity (Wildman–Crippen MR) is 141 cm³/mol. The predicted octanol–water partition coefficient (Wildman–Crippen LogP) is 4.42. The van der Waals surface area contributed by atoms with E-state index in [1.807, 2.05) is 36.4 Å². The van der Waals surface area contributed by atoms with Crippen molar-refractivity contribution in [1.82, 2.24) is 9.80 Å². The summed E-state index contributed by atoms with van der Waals surface area (Å²) in [6.45, 7) is 3.32. The van der Waals surface area contributed by atoms with Gasteiger partial charge in [0.05, 0.1) is 7.11 Å². The Morgan fingerprint density at radius 1 is 0.865 bits per heavy atom. The Kier molecular flexibility index (Phi) is 7.37. The number of piperazine rings is 1. The molecule has 2 heterocycles. The third kappa shape index (κ3) is 5.76. The molecule has 0 bridgehead atoms. The summed E-state index contributed by atoms with van der Waals surface area (Å²) in [5.41, 5.74) is 2.16. The minimum atomic E-state index is -0.385. The molecule has 0 unspecified atom stereocenters. The minimum Gasteiger partial charge on any atom is -0.497 e. The number of ether oxygens (including phenoxy) is 2. The number of fused-ring (bicyclic) bond motifs is 1. The number of benzene rings is 3. The molecule has 37 heavy (non-hydrogen) atoms. The number of methoxy groups -OCH3 is 1. The monoisotopic (exact) mass is 499 g/mol. The number of furan rings is 1. The van der Waals surface area contributed by atoms with Crippen LogP contribution in [0.15, 0.2) is 83.3 Å². The number of hydrogen-bond acceptors (Lipinski definition) is 6. The van der Waals surface area contributed by atoms with Gasteiger partial charge in [0.25, 0.3) is 11.8 Å². The molecule has 4 aromatic rings. The average Bonchev–Trinajstić information content (AvgIpc) is 3.31. The van der Waals surface area contributed by atoms with Crippen LogP contribution in [0, 0.1) is 0 Å². The normalized spacial score (nSPS) is 13.9. The highest BCUT2D eigenvalue weighted by Gasteiger charge is 2.29. The van der Waals surface area contributed by atoms with Crippen molar-refractivity contribution in [3.63, 3.8) is 0 Å². The van der Waals surface area contributed by atoms with Gasteiger partial charge in [-0.05, 0) is 42.0 Å². The van der Waals surface area contributed by atoms with Crippen LogP contribution in [0.3, 0.4) is 0 Å². The molecule has 1 saturated heterocycles. The third-order valence-electron chi connectivity index (χ3n) is 6.39. The van der Waals surface area contributed by atoms with Crippen LogP contribution in [0.25, 0.3) is 11.0 Å². The van der Waals surface area contributed by atoms with E-state index in [9.17, 15) is 9.59 Å². The molecule has 0 atom stereocenters. The van der Waals surface area contributed by atoms with Gasteiger partial charge in [0.15, 0.2) is 6.61 Å². The van der Waals surface area contributed by atoms with Crippen molar-refractivity contribution in [3.8, 4) is 11.5 Å². The SMILES string of the molecule is COc1ccc(OCC(=O)Nc2c(C(=O)N3CCN(Cc4ccccc4)CC3)oc3ccccc23)cc1. The molecule has 1 N–H and O–H groups in total. The van der Waals surface area contributed by atoms with Crippen LogP contribution in [0.5, 0.6) is 11.5 Å². The second-order valence-electron chi connectivity index (χ2n) is 8.87. The molecule has 5 rings (SSSR count). The van der Waals surface area contributed by atoms with Crippen molar-refractivity contribution in [1.29, 1.82) is 0 Å². The van der Waals surface area contributed by atoms with Crippen LogP contribution in [-0.2, 0) is 11.3 Å². The zero-order valence-corrected chi connectivity index (χ0v) is 20.7. The Labute approximate surface area is 215 Å². The molecular formula is C29H29N3O5. The summed E-state index contributed by atoms with van der Waals surface area (Å²) in [6.07, 6.45) is 0. The molecule has 190 valence electrons. The zero-order chi connectivity index (χ0) is 25.6. The van der Waals surface area contributed by atoms with E-state index < -0.39 is 0 Å². The first-order chi connectivity index (χ1) is 18.1. The maximum absolute atomic E-state index is 13.5. The lowest BCUT2D eigenvalue weighted by Crippen LogP contribution is -2.48. The van der Waals surface area contributed by atoms with E-state index in [-0.39, 0.29) is 24.2 Å². The highest BCUT2D eigenvalue weighted by molar-refractivity contribution is 6.11. The van der Waals surface area contributed by atoms with E-state index in [1.54, 1.807) is 42.3 Å².